The molecule has 0 amide bonds. The van der Waals surface area contributed by atoms with Gasteiger partial charge in [0.2, 0.25) is 0 Å². The number of halogens is 2. The highest BCUT2D eigenvalue weighted by Crippen LogP contribution is 2.57. The normalized spacial score (nSPS) is 26.6. The van der Waals surface area contributed by atoms with E-state index in [9.17, 15) is 14.4 Å². The Bertz CT molecular complexity index is 549. The Hall–Kier alpha value is 0.260. The van der Waals surface area contributed by atoms with Crippen molar-refractivity contribution >= 4 is 42.6 Å². The van der Waals surface area contributed by atoms with Gasteiger partial charge in [0, 0.05) is 4.75 Å². The van der Waals surface area contributed by atoms with Gasteiger partial charge in [-0.2, -0.15) is 0 Å². The van der Waals surface area contributed by atoms with Gasteiger partial charge in [0.1, 0.15) is 5.78 Å². The highest BCUT2D eigenvalue weighted by molar-refractivity contribution is 8.01. The molecule has 0 spiro atoms. The number of benzene rings is 1. The van der Waals surface area contributed by atoms with E-state index in [1.165, 1.54) is 11.8 Å². The lowest BCUT2D eigenvalue weighted by Crippen LogP contribution is -2.36. The van der Waals surface area contributed by atoms with Gasteiger partial charge in [-0.15, -0.1) is 11.8 Å². The predicted molar refractivity (Wildman–Crippen MR) is 79.8 cm³/mol. The zero-order valence-corrected chi connectivity index (χ0v) is 13.5. The van der Waals surface area contributed by atoms with Gasteiger partial charge in [-0.25, -0.2) is 0 Å². The molecule has 2 unspecified atom stereocenters. The lowest BCUT2D eigenvalue weighted by molar-refractivity contribution is 0.338. The number of hydrogen-bond acceptors (Lipinski definition) is 3. The molecule has 0 saturated carbocycles. The van der Waals surface area contributed by atoms with Gasteiger partial charge < -0.3 is 9.79 Å². The van der Waals surface area contributed by atoms with Crippen molar-refractivity contribution in [1.29, 1.82) is 0 Å². The van der Waals surface area contributed by atoms with E-state index in [4.69, 9.17) is 23.2 Å². The van der Waals surface area contributed by atoms with Crippen molar-refractivity contribution < 1.29 is 14.4 Å². The molecule has 1 saturated heterocycles. The van der Waals surface area contributed by atoms with Crippen molar-refractivity contribution in [2.24, 2.45) is 0 Å². The fourth-order valence-electron chi connectivity index (χ4n) is 2.09. The van der Waals surface area contributed by atoms with Crippen LogP contribution in [-0.4, -0.2) is 20.3 Å². The summed E-state index contributed by atoms with van der Waals surface area (Å²) in [6, 6.07) is 5.20. The maximum Gasteiger partial charge on any atom is 0.343 e. The summed E-state index contributed by atoms with van der Waals surface area (Å²) in [4.78, 5) is 18.8. The Morgan fingerprint density at radius 1 is 1.32 bits per heavy atom. The fraction of sp³-hybridized carbons (Fsp3) is 0.455. The summed E-state index contributed by atoms with van der Waals surface area (Å²) in [6.45, 7) is 3.62. The molecule has 1 aromatic rings. The van der Waals surface area contributed by atoms with Crippen LogP contribution >= 0.6 is 42.6 Å². The molecule has 1 aliphatic heterocycles. The first-order valence-electron chi connectivity index (χ1n) is 5.55. The molecule has 106 valence electrons. The van der Waals surface area contributed by atoms with E-state index in [1.807, 2.05) is 13.8 Å². The van der Waals surface area contributed by atoms with Gasteiger partial charge in [0.25, 0.3) is 0 Å². The van der Waals surface area contributed by atoms with Gasteiger partial charge >= 0.3 is 7.60 Å². The molecule has 0 bridgehead atoms. The Morgan fingerprint density at radius 3 is 2.42 bits per heavy atom. The predicted octanol–water partition coefficient (Wildman–Crippen LogP) is 3.61. The minimum atomic E-state index is -4.21. The summed E-state index contributed by atoms with van der Waals surface area (Å²) in [6.07, 6.45) is 0. The van der Waals surface area contributed by atoms with Crippen molar-refractivity contribution in [3.63, 3.8) is 0 Å². The van der Waals surface area contributed by atoms with Crippen molar-refractivity contribution in [3.8, 4) is 0 Å². The van der Waals surface area contributed by atoms with Crippen LogP contribution in [0.1, 0.15) is 24.8 Å². The molecular weight excluding hydrogens is 328 g/mol. The molecule has 3 N–H and O–H groups in total. The summed E-state index contributed by atoms with van der Waals surface area (Å²) in [5, 5.41) is 3.65. The second-order valence-corrected chi connectivity index (χ2v) is 9.20. The van der Waals surface area contributed by atoms with Crippen molar-refractivity contribution in [3.05, 3.63) is 33.8 Å². The summed E-state index contributed by atoms with van der Waals surface area (Å²) in [7, 11) is -4.21. The maximum absolute atomic E-state index is 11.5. The van der Waals surface area contributed by atoms with Crippen LogP contribution in [0.4, 0.5) is 0 Å². The highest BCUT2D eigenvalue weighted by Gasteiger charge is 2.50. The summed E-state index contributed by atoms with van der Waals surface area (Å²) in [5.41, 5.74) is 0.850. The molecule has 2 rings (SSSR count). The van der Waals surface area contributed by atoms with Crippen LogP contribution in [0.25, 0.3) is 0 Å². The van der Waals surface area contributed by atoms with Crippen LogP contribution in [0.15, 0.2) is 18.2 Å². The Kier molecular flexibility index (Phi) is 4.30. The third-order valence-corrected chi connectivity index (χ3v) is 6.84. The molecule has 1 fully saturated rings. The van der Waals surface area contributed by atoms with Gasteiger partial charge in [0.15, 0.2) is 0 Å². The van der Waals surface area contributed by atoms with E-state index in [2.05, 4.69) is 5.32 Å². The number of nitrogens with one attached hydrogen (secondary N) is 1. The van der Waals surface area contributed by atoms with Crippen molar-refractivity contribution in [2.45, 2.75) is 29.8 Å². The average molecular weight is 342 g/mol. The van der Waals surface area contributed by atoms with E-state index in [-0.39, 0.29) is 5.37 Å². The van der Waals surface area contributed by atoms with Crippen molar-refractivity contribution in [1.82, 2.24) is 5.32 Å². The summed E-state index contributed by atoms with van der Waals surface area (Å²) >= 11 is 13.3. The first-order chi connectivity index (χ1) is 8.61. The minimum Gasteiger partial charge on any atom is -0.323 e. The molecular formula is C11H14Cl2NO3PS. The van der Waals surface area contributed by atoms with E-state index in [0.717, 1.165) is 5.56 Å². The van der Waals surface area contributed by atoms with E-state index in [0.29, 0.717) is 10.0 Å². The first-order valence-corrected chi connectivity index (χ1v) is 8.87. The second-order valence-electron chi connectivity index (χ2n) is 4.93. The van der Waals surface area contributed by atoms with E-state index < -0.39 is 18.1 Å². The quantitative estimate of drug-likeness (QED) is 0.717. The first kappa shape index (κ1) is 15.6. The fourth-order valence-corrected chi connectivity index (χ4v) is 5.53. The second kappa shape index (κ2) is 5.23. The monoisotopic (exact) mass is 341 g/mol. The zero-order chi connectivity index (χ0) is 14.4. The third-order valence-electron chi connectivity index (χ3n) is 2.97. The lowest BCUT2D eigenvalue weighted by atomic mass is 10.2. The molecule has 1 aromatic carbocycles. The molecule has 1 aliphatic rings. The molecule has 19 heavy (non-hydrogen) atoms. The highest BCUT2D eigenvalue weighted by atomic mass is 35.5. The average Bonchev–Trinajstić information content (AvgIpc) is 2.58. The van der Waals surface area contributed by atoms with Crippen LogP contribution in [0.5, 0.6) is 0 Å². The molecule has 0 aliphatic carbocycles. The molecule has 8 heteroatoms. The maximum atomic E-state index is 11.5. The number of thioether (sulfide) groups is 1. The lowest BCUT2D eigenvalue weighted by Gasteiger charge is -2.25. The Labute approximate surface area is 126 Å². The molecule has 4 nitrogen and oxygen atoms in total. The van der Waals surface area contributed by atoms with Gasteiger partial charge in [-0.05, 0) is 31.5 Å². The Morgan fingerprint density at radius 2 is 1.95 bits per heavy atom. The molecule has 2 atom stereocenters. The molecule has 0 radical (unpaired) electrons. The van der Waals surface area contributed by atoms with Gasteiger partial charge in [-0.1, -0.05) is 29.3 Å². The third kappa shape index (κ3) is 3.30. The minimum absolute atomic E-state index is 0.220. The van der Waals surface area contributed by atoms with Gasteiger partial charge in [0.05, 0.1) is 15.4 Å². The summed E-state index contributed by atoms with van der Waals surface area (Å²) < 4.78 is 10.9. The number of rotatable bonds is 2. The van der Waals surface area contributed by atoms with E-state index >= 15 is 0 Å². The van der Waals surface area contributed by atoms with Crippen LogP contribution in [-0.2, 0) is 4.57 Å². The van der Waals surface area contributed by atoms with Crippen LogP contribution in [0.2, 0.25) is 10.0 Å². The van der Waals surface area contributed by atoms with E-state index in [1.54, 1.807) is 18.2 Å². The van der Waals surface area contributed by atoms with Crippen LogP contribution in [0.3, 0.4) is 0 Å². The standard InChI is InChI=1S/C11H14Cl2NO3PS/c1-11(2)10(18(15,16)17)14-9(19-11)6-3-4-7(12)8(13)5-6/h3-5,9-10,14H,1-2H3,(H2,15,16,17). The topological polar surface area (TPSA) is 69.6 Å². The zero-order valence-electron chi connectivity index (χ0n) is 10.3. The van der Waals surface area contributed by atoms with Crippen molar-refractivity contribution in [2.75, 3.05) is 0 Å². The van der Waals surface area contributed by atoms with Crippen LogP contribution < -0.4 is 5.32 Å². The summed E-state index contributed by atoms with van der Waals surface area (Å²) in [5.74, 6) is -0.885. The molecule has 1 heterocycles. The largest absolute Gasteiger partial charge is 0.343 e. The number of hydrogen-bond donors (Lipinski definition) is 3. The van der Waals surface area contributed by atoms with Crippen LogP contribution in [0, 0.1) is 0 Å². The SMILES string of the molecule is CC1(C)SC(c2ccc(Cl)c(Cl)c2)NC1P(=O)(O)O. The van der Waals surface area contributed by atoms with Gasteiger partial charge in [-0.3, -0.25) is 9.88 Å². The smallest absolute Gasteiger partial charge is 0.323 e. The molecule has 0 aromatic heterocycles. The Balaban J connectivity index is 2.30.